The van der Waals surface area contributed by atoms with E-state index in [1.807, 2.05) is 0 Å². The molecule has 1 aromatic rings. The van der Waals surface area contributed by atoms with E-state index in [2.05, 4.69) is 20.0 Å². The second-order valence-electron chi connectivity index (χ2n) is 2.15. The maximum Gasteiger partial charge on any atom is 0.266 e. The summed E-state index contributed by atoms with van der Waals surface area (Å²) >= 11 is 0. The summed E-state index contributed by atoms with van der Waals surface area (Å²) in [6.45, 7) is 0.275. The lowest BCUT2D eigenvalue weighted by Crippen LogP contribution is -2.04. The van der Waals surface area contributed by atoms with Gasteiger partial charge in [0.25, 0.3) is 5.56 Å². The molecular formula is C7H7N5O. The molecule has 0 fully saturated rings. The second-order valence-corrected chi connectivity index (χ2v) is 2.15. The molecule has 0 spiro atoms. The zero-order valence-electron chi connectivity index (χ0n) is 6.71. The van der Waals surface area contributed by atoms with Crippen LogP contribution in [-0.2, 0) is 0 Å². The highest BCUT2D eigenvalue weighted by Crippen LogP contribution is 1.91. The summed E-state index contributed by atoms with van der Waals surface area (Å²) in [5, 5.41) is 3.30. The van der Waals surface area contributed by atoms with Crippen LogP contribution in [0.15, 0.2) is 28.4 Å². The Hall–Kier alpha value is -2.07. The van der Waals surface area contributed by atoms with Gasteiger partial charge >= 0.3 is 0 Å². The third-order valence-corrected chi connectivity index (χ3v) is 1.23. The van der Waals surface area contributed by atoms with Gasteiger partial charge in [0.1, 0.15) is 0 Å². The number of hydrogen-bond donors (Lipinski definition) is 1. The molecule has 0 unspecified atom stereocenters. The standard InChI is InChI=1S/C7H7N5O/c8-12-11-3-1-2-6-4-10-7(13)5-9-6/h1-2,4-5H,3H2,(H,10,13). The molecule has 13 heavy (non-hydrogen) atoms. The van der Waals surface area contributed by atoms with E-state index in [4.69, 9.17) is 5.53 Å². The molecule has 66 valence electrons. The largest absolute Gasteiger partial charge is 0.326 e. The fourth-order valence-electron chi connectivity index (χ4n) is 0.701. The van der Waals surface area contributed by atoms with Gasteiger partial charge in [-0.05, 0) is 11.6 Å². The minimum absolute atomic E-state index is 0.243. The minimum atomic E-state index is -0.243. The maximum absolute atomic E-state index is 10.6. The lowest BCUT2D eigenvalue weighted by Gasteiger charge is -1.88. The van der Waals surface area contributed by atoms with Crippen LogP contribution in [0.4, 0.5) is 0 Å². The zero-order chi connectivity index (χ0) is 9.52. The Morgan fingerprint density at radius 2 is 2.62 bits per heavy atom. The summed E-state index contributed by atoms with van der Waals surface area (Å²) in [6, 6.07) is 0. The number of nitrogens with zero attached hydrogens (tertiary/aromatic N) is 4. The van der Waals surface area contributed by atoms with Gasteiger partial charge in [0.15, 0.2) is 0 Å². The zero-order valence-corrected chi connectivity index (χ0v) is 6.71. The van der Waals surface area contributed by atoms with Gasteiger partial charge in [-0.15, -0.1) is 0 Å². The number of rotatable bonds is 3. The Morgan fingerprint density at radius 3 is 3.23 bits per heavy atom. The Morgan fingerprint density at radius 1 is 1.77 bits per heavy atom. The average Bonchev–Trinajstić information content (AvgIpc) is 2.15. The average molecular weight is 177 g/mol. The molecule has 0 aliphatic carbocycles. The molecule has 0 aliphatic rings. The molecule has 0 saturated carbocycles. The van der Waals surface area contributed by atoms with Crippen molar-refractivity contribution in [2.75, 3.05) is 6.54 Å². The Labute approximate surface area is 73.6 Å². The quantitative estimate of drug-likeness (QED) is 0.425. The van der Waals surface area contributed by atoms with E-state index in [-0.39, 0.29) is 12.1 Å². The van der Waals surface area contributed by atoms with E-state index in [0.29, 0.717) is 5.69 Å². The first-order valence-electron chi connectivity index (χ1n) is 3.55. The normalized spacial score (nSPS) is 9.85. The summed E-state index contributed by atoms with van der Waals surface area (Å²) < 4.78 is 0. The number of aromatic nitrogens is 2. The van der Waals surface area contributed by atoms with Crippen molar-refractivity contribution in [2.24, 2.45) is 5.11 Å². The van der Waals surface area contributed by atoms with Crippen LogP contribution >= 0.6 is 0 Å². The minimum Gasteiger partial charge on any atom is -0.326 e. The molecule has 0 aromatic carbocycles. The van der Waals surface area contributed by atoms with Gasteiger partial charge in [0.05, 0.1) is 11.9 Å². The maximum atomic E-state index is 10.6. The molecule has 6 nitrogen and oxygen atoms in total. The SMILES string of the molecule is [N-]=[N+]=NCC=Cc1c[nH]c(=O)cn1. The molecule has 0 aliphatic heterocycles. The predicted octanol–water partition coefficient (Wildman–Crippen LogP) is 1.09. The van der Waals surface area contributed by atoms with Gasteiger partial charge in [-0.1, -0.05) is 11.2 Å². The fourth-order valence-corrected chi connectivity index (χ4v) is 0.701. The summed E-state index contributed by atoms with van der Waals surface area (Å²) in [4.78, 5) is 19.4. The van der Waals surface area contributed by atoms with Crippen molar-refractivity contribution in [2.45, 2.75) is 0 Å². The van der Waals surface area contributed by atoms with Crippen molar-refractivity contribution in [3.8, 4) is 0 Å². The molecule has 0 atom stereocenters. The van der Waals surface area contributed by atoms with Gasteiger partial charge in [-0.3, -0.25) is 4.79 Å². The van der Waals surface area contributed by atoms with E-state index >= 15 is 0 Å². The van der Waals surface area contributed by atoms with Crippen LogP contribution in [0.5, 0.6) is 0 Å². The highest BCUT2D eigenvalue weighted by molar-refractivity contribution is 5.42. The lowest BCUT2D eigenvalue weighted by atomic mass is 10.4. The van der Waals surface area contributed by atoms with E-state index in [0.717, 1.165) is 0 Å². The second kappa shape index (κ2) is 4.74. The number of nitrogens with one attached hydrogen (secondary N) is 1. The van der Waals surface area contributed by atoms with Crippen molar-refractivity contribution in [3.05, 3.63) is 45.0 Å². The monoisotopic (exact) mass is 177 g/mol. The molecule has 0 saturated heterocycles. The summed E-state index contributed by atoms with van der Waals surface area (Å²) in [5.41, 5.74) is 8.34. The molecule has 1 heterocycles. The third kappa shape index (κ3) is 3.22. The molecule has 0 amide bonds. The highest BCUT2D eigenvalue weighted by atomic mass is 16.1. The number of azide groups is 1. The molecule has 6 heteroatoms. The van der Waals surface area contributed by atoms with Gasteiger partial charge in [0.2, 0.25) is 0 Å². The van der Waals surface area contributed by atoms with Gasteiger partial charge in [-0.25, -0.2) is 4.98 Å². The predicted molar refractivity (Wildman–Crippen MR) is 47.9 cm³/mol. The molecule has 0 bridgehead atoms. The van der Waals surface area contributed by atoms with Crippen molar-refractivity contribution in [1.82, 2.24) is 9.97 Å². The number of H-pyrrole nitrogens is 1. The molecular weight excluding hydrogens is 170 g/mol. The summed E-state index contributed by atoms with van der Waals surface area (Å²) in [7, 11) is 0. The smallest absolute Gasteiger partial charge is 0.266 e. The van der Waals surface area contributed by atoms with E-state index in [9.17, 15) is 4.79 Å². The van der Waals surface area contributed by atoms with Gasteiger partial charge < -0.3 is 4.98 Å². The summed E-state index contributed by atoms with van der Waals surface area (Å²) in [5.74, 6) is 0. The van der Waals surface area contributed by atoms with Crippen molar-refractivity contribution < 1.29 is 0 Å². The third-order valence-electron chi connectivity index (χ3n) is 1.23. The molecule has 1 rings (SSSR count). The van der Waals surface area contributed by atoms with Crippen LogP contribution in [0, 0.1) is 0 Å². The highest BCUT2D eigenvalue weighted by Gasteiger charge is 1.85. The fraction of sp³-hybridized carbons (Fsp3) is 0.143. The molecule has 1 aromatic heterocycles. The van der Waals surface area contributed by atoms with Crippen LogP contribution < -0.4 is 5.56 Å². The van der Waals surface area contributed by atoms with Crippen LogP contribution in [-0.4, -0.2) is 16.5 Å². The summed E-state index contributed by atoms with van der Waals surface area (Å²) in [6.07, 6.45) is 5.98. The first-order valence-corrected chi connectivity index (χ1v) is 3.55. The molecule has 0 radical (unpaired) electrons. The number of aromatic amines is 1. The van der Waals surface area contributed by atoms with E-state index in [1.165, 1.54) is 12.4 Å². The Balaban J connectivity index is 2.63. The first kappa shape index (κ1) is 9.02. The number of hydrogen-bond acceptors (Lipinski definition) is 3. The van der Waals surface area contributed by atoms with Crippen molar-refractivity contribution >= 4 is 6.08 Å². The van der Waals surface area contributed by atoms with Crippen LogP contribution in [0.25, 0.3) is 16.5 Å². The first-order chi connectivity index (χ1) is 6.33. The van der Waals surface area contributed by atoms with Gasteiger partial charge in [0, 0.05) is 17.7 Å². The van der Waals surface area contributed by atoms with Crippen LogP contribution in [0.1, 0.15) is 5.69 Å². The topological polar surface area (TPSA) is 94.5 Å². The lowest BCUT2D eigenvalue weighted by molar-refractivity contribution is 1.12. The Bertz CT molecular complexity index is 381. The van der Waals surface area contributed by atoms with Gasteiger partial charge in [-0.2, -0.15) is 0 Å². The van der Waals surface area contributed by atoms with Crippen molar-refractivity contribution in [3.63, 3.8) is 0 Å². The molecule has 1 N–H and O–H groups in total. The van der Waals surface area contributed by atoms with Crippen LogP contribution in [0.3, 0.4) is 0 Å². The van der Waals surface area contributed by atoms with E-state index < -0.39 is 0 Å². The van der Waals surface area contributed by atoms with E-state index in [1.54, 1.807) is 12.2 Å². The van der Waals surface area contributed by atoms with Crippen LogP contribution in [0.2, 0.25) is 0 Å². The Kier molecular flexibility index (Phi) is 3.29. The van der Waals surface area contributed by atoms with Crippen molar-refractivity contribution in [1.29, 1.82) is 0 Å².